The van der Waals surface area contributed by atoms with Crippen molar-refractivity contribution in [3.63, 3.8) is 0 Å². The molecule has 3 saturated carbocycles. The lowest BCUT2D eigenvalue weighted by molar-refractivity contribution is -0.151. The molecule has 0 aromatic rings. The van der Waals surface area contributed by atoms with E-state index in [-0.39, 0.29) is 12.1 Å². The summed E-state index contributed by atoms with van der Waals surface area (Å²) in [5.74, 6) is 5.29. The predicted molar refractivity (Wildman–Crippen MR) is 151 cm³/mol. The zero-order valence-corrected chi connectivity index (χ0v) is 25.0. The maximum atomic E-state index is 12.3. The minimum absolute atomic E-state index is 0.0155. The molecule has 3 fully saturated rings. The SMILES string of the molecule is CC(C)CCC[C@@H](C)[C@H]1CC[C@H]2[C@@H]3CC=C4CC(OC(=O)CCCCBr)CC[C@]4(C)[C@H]3CC[C@]12C. The molecule has 0 N–H and O–H groups in total. The Morgan fingerprint density at radius 3 is 2.57 bits per heavy atom. The third kappa shape index (κ3) is 5.75. The zero-order chi connectivity index (χ0) is 25.2. The van der Waals surface area contributed by atoms with Gasteiger partial charge in [-0.25, -0.2) is 0 Å². The molecule has 0 heterocycles. The lowest BCUT2D eigenvalue weighted by Crippen LogP contribution is -2.51. The Balaban J connectivity index is 1.39. The van der Waals surface area contributed by atoms with Crippen LogP contribution >= 0.6 is 15.9 Å². The minimum atomic E-state index is 0.0155. The second-order valence-electron chi connectivity index (χ2n) is 13.8. The Morgan fingerprint density at radius 2 is 1.83 bits per heavy atom. The van der Waals surface area contributed by atoms with Crippen LogP contribution in [0, 0.1) is 46.3 Å². The number of hydrogen-bond acceptors (Lipinski definition) is 2. The van der Waals surface area contributed by atoms with Gasteiger partial charge in [-0.15, -0.1) is 0 Å². The van der Waals surface area contributed by atoms with Crippen LogP contribution in [0.3, 0.4) is 0 Å². The molecule has 35 heavy (non-hydrogen) atoms. The number of allylic oxidation sites excluding steroid dienone is 1. The van der Waals surface area contributed by atoms with Gasteiger partial charge in [0.2, 0.25) is 0 Å². The number of rotatable bonds is 10. The topological polar surface area (TPSA) is 26.3 Å². The van der Waals surface area contributed by atoms with E-state index in [4.69, 9.17) is 4.74 Å². The lowest BCUT2D eigenvalue weighted by Gasteiger charge is -2.58. The fraction of sp³-hybridized carbons (Fsp3) is 0.906. The molecule has 4 aliphatic carbocycles. The molecule has 0 radical (unpaired) electrons. The average Bonchev–Trinajstić information content (AvgIpc) is 3.16. The van der Waals surface area contributed by atoms with Gasteiger partial charge in [0, 0.05) is 18.2 Å². The van der Waals surface area contributed by atoms with E-state index in [1.807, 2.05) is 0 Å². The van der Waals surface area contributed by atoms with Crippen molar-refractivity contribution in [2.24, 2.45) is 46.3 Å². The van der Waals surface area contributed by atoms with Gasteiger partial charge < -0.3 is 4.74 Å². The molecular weight excluding hydrogens is 496 g/mol. The summed E-state index contributed by atoms with van der Waals surface area (Å²) in [6.45, 7) is 12.6. The maximum Gasteiger partial charge on any atom is 0.306 e. The van der Waals surface area contributed by atoms with Crippen LogP contribution in [-0.2, 0) is 9.53 Å². The van der Waals surface area contributed by atoms with E-state index in [0.29, 0.717) is 17.3 Å². The fourth-order valence-electron chi connectivity index (χ4n) is 9.36. The molecule has 8 atom stereocenters. The number of carbonyl (C=O) groups is 1. The summed E-state index contributed by atoms with van der Waals surface area (Å²) in [6.07, 6.45) is 19.8. The molecular formula is C32H53BrO2. The highest BCUT2D eigenvalue weighted by Gasteiger charge is 2.59. The van der Waals surface area contributed by atoms with Crippen molar-refractivity contribution < 1.29 is 9.53 Å². The van der Waals surface area contributed by atoms with Gasteiger partial charge in [0.25, 0.3) is 0 Å². The smallest absolute Gasteiger partial charge is 0.306 e. The van der Waals surface area contributed by atoms with E-state index in [0.717, 1.165) is 66.5 Å². The number of esters is 1. The van der Waals surface area contributed by atoms with E-state index >= 15 is 0 Å². The molecule has 4 aliphatic rings. The zero-order valence-electron chi connectivity index (χ0n) is 23.4. The van der Waals surface area contributed by atoms with Gasteiger partial charge in [-0.3, -0.25) is 4.79 Å². The first-order valence-electron chi connectivity index (χ1n) is 15.1. The van der Waals surface area contributed by atoms with Crippen molar-refractivity contribution >= 4 is 21.9 Å². The molecule has 0 bridgehead atoms. The first kappa shape index (κ1) is 27.7. The molecule has 0 aromatic carbocycles. The summed E-state index contributed by atoms with van der Waals surface area (Å²) in [4.78, 5) is 12.3. The molecule has 3 heteroatoms. The Hall–Kier alpha value is -0.310. The van der Waals surface area contributed by atoms with Gasteiger partial charge in [0.15, 0.2) is 0 Å². The molecule has 1 unspecified atom stereocenters. The van der Waals surface area contributed by atoms with Gasteiger partial charge in [-0.05, 0) is 104 Å². The number of hydrogen-bond donors (Lipinski definition) is 0. The van der Waals surface area contributed by atoms with Crippen molar-refractivity contribution in [2.75, 3.05) is 5.33 Å². The number of unbranched alkanes of at least 4 members (excludes halogenated alkanes) is 1. The third-order valence-electron chi connectivity index (χ3n) is 11.3. The van der Waals surface area contributed by atoms with E-state index in [1.165, 1.54) is 57.8 Å². The standard InChI is InChI=1S/C32H53BrO2/c1-22(2)9-8-10-23(3)27-14-15-28-26-13-12-24-21-25(35-30(34)11-6-7-20-33)16-18-31(24,4)29(26)17-19-32(27,28)5/h12,22-23,25-29H,6-11,13-21H2,1-5H3/t23-,25?,26+,27-,28+,29+,31+,32-/m1/s1. The summed E-state index contributed by atoms with van der Waals surface area (Å²) < 4.78 is 5.95. The summed E-state index contributed by atoms with van der Waals surface area (Å²) in [6, 6.07) is 0. The molecule has 0 amide bonds. The molecule has 0 saturated heterocycles. The Bertz CT molecular complexity index is 759. The average molecular weight is 550 g/mol. The number of alkyl halides is 1. The van der Waals surface area contributed by atoms with Gasteiger partial charge in [-0.2, -0.15) is 0 Å². The Kier molecular flexibility index (Phi) is 9.19. The Morgan fingerprint density at radius 1 is 1.03 bits per heavy atom. The molecule has 0 aromatic heterocycles. The van der Waals surface area contributed by atoms with E-state index < -0.39 is 0 Å². The monoisotopic (exact) mass is 548 g/mol. The molecule has 4 rings (SSSR count). The maximum absolute atomic E-state index is 12.3. The normalized spacial score (nSPS) is 39.4. The van der Waals surface area contributed by atoms with Crippen molar-refractivity contribution in [1.29, 1.82) is 0 Å². The largest absolute Gasteiger partial charge is 0.462 e. The first-order chi connectivity index (χ1) is 16.7. The molecule has 200 valence electrons. The van der Waals surface area contributed by atoms with Crippen molar-refractivity contribution in [3.8, 4) is 0 Å². The highest BCUT2D eigenvalue weighted by atomic mass is 79.9. The molecule has 0 aliphatic heterocycles. The minimum Gasteiger partial charge on any atom is -0.462 e. The van der Waals surface area contributed by atoms with Crippen LogP contribution in [0.15, 0.2) is 11.6 Å². The van der Waals surface area contributed by atoms with Gasteiger partial charge in [-0.1, -0.05) is 81.5 Å². The summed E-state index contributed by atoms with van der Waals surface area (Å²) in [7, 11) is 0. The molecule has 0 spiro atoms. The number of halogens is 1. The van der Waals surface area contributed by atoms with Crippen LogP contribution < -0.4 is 0 Å². The van der Waals surface area contributed by atoms with Crippen molar-refractivity contribution in [1.82, 2.24) is 0 Å². The third-order valence-corrected chi connectivity index (χ3v) is 11.9. The first-order valence-corrected chi connectivity index (χ1v) is 16.3. The van der Waals surface area contributed by atoms with Crippen LogP contribution in [0.25, 0.3) is 0 Å². The van der Waals surface area contributed by atoms with Crippen molar-refractivity contribution in [2.45, 2.75) is 131 Å². The highest BCUT2D eigenvalue weighted by Crippen LogP contribution is 2.67. The van der Waals surface area contributed by atoms with Crippen LogP contribution in [0.5, 0.6) is 0 Å². The predicted octanol–water partition coefficient (Wildman–Crippen LogP) is 9.50. The van der Waals surface area contributed by atoms with Crippen LogP contribution in [0.2, 0.25) is 0 Å². The second kappa shape index (κ2) is 11.6. The fourth-order valence-corrected chi connectivity index (χ4v) is 9.76. The van der Waals surface area contributed by atoms with Crippen LogP contribution in [0.1, 0.15) is 125 Å². The highest BCUT2D eigenvalue weighted by molar-refractivity contribution is 9.09. The summed E-state index contributed by atoms with van der Waals surface area (Å²) in [5, 5.41) is 0.968. The van der Waals surface area contributed by atoms with Gasteiger partial charge in [0.1, 0.15) is 6.10 Å². The Labute approximate surface area is 224 Å². The van der Waals surface area contributed by atoms with Gasteiger partial charge >= 0.3 is 5.97 Å². The summed E-state index contributed by atoms with van der Waals surface area (Å²) >= 11 is 3.46. The van der Waals surface area contributed by atoms with Gasteiger partial charge in [0.05, 0.1) is 0 Å². The van der Waals surface area contributed by atoms with Crippen LogP contribution in [-0.4, -0.2) is 17.4 Å². The number of carbonyl (C=O) groups excluding carboxylic acids is 1. The van der Waals surface area contributed by atoms with E-state index in [9.17, 15) is 4.79 Å². The van der Waals surface area contributed by atoms with E-state index in [2.05, 4.69) is 56.6 Å². The lowest BCUT2D eigenvalue weighted by atomic mass is 9.47. The van der Waals surface area contributed by atoms with E-state index in [1.54, 1.807) is 5.57 Å². The van der Waals surface area contributed by atoms with Crippen LogP contribution in [0.4, 0.5) is 0 Å². The quantitative estimate of drug-likeness (QED) is 0.117. The van der Waals surface area contributed by atoms with Crippen molar-refractivity contribution in [3.05, 3.63) is 11.6 Å². The second-order valence-corrected chi connectivity index (χ2v) is 14.6. The number of fused-ring (bicyclic) bond motifs is 5. The molecule has 2 nitrogen and oxygen atoms in total. The summed E-state index contributed by atoms with van der Waals surface area (Å²) in [5.41, 5.74) is 2.52. The number of ether oxygens (including phenoxy) is 1.